The number of halogens is 3. The Bertz CT molecular complexity index is 1420. The minimum atomic E-state index is -4.24. The molecule has 3 rings (SSSR count). The topological polar surface area (TPSA) is 86.8 Å². The number of hydrogen-bond donors (Lipinski definition) is 1. The zero-order valence-corrected chi connectivity index (χ0v) is 25.7. The molecule has 7 nitrogen and oxygen atoms in total. The number of nitrogens with zero attached hydrogens (tertiary/aromatic N) is 2. The third-order valence-corrected chi connectivity index (χ3v) is 8.90. The highest BCUT2D eigenvalue weighted by Crippen LogP contribution is 2.33. The van der Waals surface area contributed by atoms with Gasteiger partial charge in [0.2, 0.25) is 11.8 Å². The summed E-state index contributed by atoms with van der Waals surface area (Å²) in [4.78, 5) is 28.2. The lowest BCUT2D eigenvalue weighted by molar-refractivity contribution is -0.139. The van der Waals surface area contributed by atoms with Crippen molar-refractivity contribution in [1.29, 1.82) is 0 Å². The Kier molecular flexibility index (Phi) is 10.8. The van der Waals surface area contributed by atoms with E-state index >= 15 is 0 Å². The summed E-state index contributed by atoms with van der Waals surface area (Å²) in [6, 6.07) is 17.2. The summed E-state index contributed by atoms with van der Waals surface area (Å²) in [7, 11) is -4.24. The molecule has 39 heavy (non-hydrogen) atoms. The second-order valence-corrected chi connectivity index (χ2v) is 12.7. The highest BCUT2D eigenvalue weighted by atomic mass is 79.9. The van der Waals surface area contributed by atoms with Crippen molar-refractivity contribution in [2.75, 3.05) is 17.4 Å². The van der Waals surface area contributed by atoms with E-state index < -0.39 is 28.5 Å². The Morgan fingerprint density at radius 3 is 2.26 bits per heavy atom. The lowest BCUT2D eigenvalue weighted by Crippen LogP contribution is -2.51. The van der Waals surface area contributed by atoms with Crippen molar-refractivity contribution in [2.45, 2.75) is 44.7 Å². The number of amides is 2. The number of hydrogen-bond acceptors (Lipinski definition) is 4. The predicted molar refractivity (Wildman–Crippen MR) is 160 cm³/mol. The summed E-state index contributed by atoms with van der Waals surface area (Å²) in [5.74, 6) is -0.917. The number of carbonyl (C=O) groups excluding carboxylic acids is 2. The molecule has 0 fully saturated rings. The van der Waals surface area contributed by atoms with Crippen LogP contribution in [0.3, 0.4) is 0 Å². The van der Waals surface area contributed by atoms with Gasteiger partial charge in [0, 0.05) is 22.6 Å². The van der Waals surface area contributed by atoms with E-state index in [0.29, 0.717) is 6.54 Å². The Hall–Kier alpha value is -2.59. The average Bonchev–Trinajstić information content (AvgIpc) is 2.91. The number of benzene rings is 3. The van der Waals surface area contributed by atoms with Crippen LogP contribution < -0.4 is 9.62 Å². The molecule has 3 aromatic rings. The van der Waals surface area contributed by atoms with Gasteiger partial charge in [0.05, 0.1) is 15.6 Å². The predicted octanol–water partition coefficient (Wildman–Crippen LogP) is 6.20. The maximum Gasteiger partial charge on any atom is 0.264 e. The summed E-state index contributed by atoms with van der Waals surface area (Å²) in [5, 5.41) is 3.18. The lowest BCUT2D eigenvalue weighted by atomic mass is 10.1. The summed E-state index contributed by atoms with van der Waals surface area (Å²) >= 11 is 16.0. The van der Waals surface area contributed by atoms with Gasteiger partial charge >= 0.3 is 0 Å². The van der Waals surface area contributed by atoms with Crippen LogP contribution in [0.25, 0.3) is 0 Å². The maximum atomic E-state index is 13.9. The molecule has 3 aromatic carbocycles. The molecule has 208 valence electrons. The molecule has 0 spiro atoms. The summed E-state index contributed by atoms with van der Waals surface area (Å²) < 4.78 is 29.6. The second kappa shape index (κ2) is 13.7. The van der Waals surface area contributed by atoms with Gasteiger partial charge in [-0.15, -0.1) is 0 Å². The van der Waals surface area contributed by atoms with E-state index in [9.17, 15) is 18.0 Å². The lowest BCUT2D eigenvalue weighted by Gasteiger charge is -2.32. The van der Waals surface area contributed by atoms with Crippen molar-refractivity contribution in [1.82, 2.24) is 10.2 Å². The first kappa shape index (κ1) is 30.9. The Balaban J connectivity index is 2.05. The molecular weight excluding hydrogens is 625 g/mol. The Morgan fingerprint density at radius 1 is 1.00 bits per heavy atom. The molecule has 0 heterocycles. The summed E-state index contributed by atoms with van der Waals surface area (Å²) in [6.07, 6.45) is 0.731. The zero-order valence-electron chi connectivity index (χ0n) is 21.8. The first-order valence-electron chi connectivity index (χ1n) is 12.3. The van der Waals surface area contributed by atoms with E-state index in [1.807, 2.05) is 38.1 Å². The summed E-state index contributed by atoms with van der Waals surface area (Å²) in [6.45, 7) is 5.34. The van der Waals surface area contributed by atoms with Crippen LogP contribution in [0.1, 0.15) is 31.4 Å². The maximum absolute atomic E-state index is 13.9. The molecule has 0 bridgehead atoms. The standard InChI is InChI=1S/C28H30BrCl2N3O4S/c1-4-15-32-28(36)20(3)33(17-21-7-9-22(29)10-8-21)27(35)18-34(26-16-23(30)11-14-25(26)31)39(37,38)24-12-5-19(2)6-13-24/h5-14,16,20H,4,15,17-18H2,1-3H3,(H,32,36)/t20-/m1/s1. The highest BCUT2D eigenvalue weighted by molar-refractivity contribution is 9.10. The van der Waals surface area contributed by atoms with Gasteiger partial charge in [0.15, 0.2) is 0 Å². The molecule has 0 aromatic heterocycles. The van der Waals surface area contributed by atoms with Crippen molar-refractivity contribution in [3.8, 4) is 0 Å². The molecule has 0 unspecified atom stereocenters. The Morgan fingerprint density at radius 2 is 1.64 bits per heavy atom. The molecule has 0 saturated carbocycles. The van der Waals surface area contributed by atoms with E-state index in [1.54, 1.807) is 19.1 Å². The third kappa shape index (κ3) is 7.97. The molecule has 1 N–H and O–H groups in total. The van der Waals surface area contributed by atoms with Gasteiger partial charge in [-0.3, -0.25) is 13.9 Å². The molecule has 2 amide bonds. The van der Waals surface area contributed by atoms with E-state index in [4.69, 9.17) is 23.2 Å². The van der Waals surface area contributed by atoms with Gasteiger partial charge in [0.25, 0.3) is 10.0 Å². The van der Waals surface area contributed by atoms with Crippen LogP contribution in [0.5, 0.6) is 0 Å². The molecule has 0 saturated heterocycles. The smallest absolute Gasteiger partial charge is 0.264 e. The van der Waals surface area contributed by atoms with Crippen molar-refractivity contribution < 1.29 is 18.0 Å². The minimum absolute atomic E-state index is 0.00913. The molecule has 0 radical (unpaired) electrons. The fourth-order valence-electron chi connectivity index (χ4n) is 3.79. The van der Waals surface area contributed by atoms with Crippen LogP contribution in [-0.2, 0) is 26.2 Å². The molecular formula is C28H30BrCl2N3O4S. The van der Waals surface area contributed by atoms with Gasteiger partial charge < -0.3 is 10.2 Å². The van der Waals surface area contributed by atoms with E-state index in [0.717, 1.165) is 26.3 Å². The van der Waals surface area contributed by atoms with E-state index in [1.165, 1.54) is 35.2 Å². The zero-order chi connectivity index (χ0) is 28.7. The molecule has 0 aliphatic rings. The van der Waals surface area contributed by atoms with E-state index in [2.05, 4.69) is 21.2 Å². The van der Waals surface area contributed by atoms with Crippen LogP contribution in [0.2, 0.25) is 10.0 Å². The van der Waals surface area contributed by atoms with Gasteiger partial charge in [-0.25, -0.2) is 8.42 Å². The molecule has 1 atom stereocenters. The van der Waals surface area contributed by atoms with Crippen LogP contribution in [-0.4, -0.2) is 44.3 Å². The van der Waals surface area contributed by atoms with Crippen LogP contribution >= 0.6 is 39.1 Å². The van der Waals surface area contributed by atoms with Crippen LogP contribution in [0, 0.1) is 6.92 Å². The summed E-state index contributed by atoms with van der Waals surface area (Å²) in [5.41, 5.74) is 1.71. The number of anilines is 1. The highest BCUT2D eigenvalue weighted by Gasteiger charge is 2.33. The third-order valence-electron chi connectivity index (χ3n) is 6.05. The number of aryl methyl sites for hydroxylation is 1. The van der Waals surface area contributed by atoms with Crippen molar-refractivity contribution in [3.63, 3.8) is 0 Å². The van der Waals surface area contributed by atoms with Crippen molar-refractivity contribution >= 4 is 66.7 Å². The quantitative estimate of drug-likeness (QED) is 0.267. The normalized spacial score (nSPS) is 12.1. The van der Waals surface area contributed by atoms with Gasteiger partial charge in [-0.2, -0.15) is 0 Å². The van der Waals surface area contributed by atoms with Crippen molar-refractivity contribution in [3.05, 3.63) is 92.4 Å². The van der Waals surface area contributed by atoms with Crippen LogP contribution in [0.4, 0.5) is 5.69 Å². The fourth-order valence-corrected chi connectivity index (χ4v) is 5.92. The number of nitrogens with one attached hydrogen (secondary N) is 1. The molecule has 0 aliphatic heterocycles. The van der Waals surface area contributed by atoms with Gasteiger partial charge in [0.1, 0.15) is 12.6 Å². The fraction of sp³-hybridized carbons (Fsp3) is 0.286. The minimum Gasteiger partial charge on any atom is -0.354 e. The number of sulfonamides is 1. The van der Waals surface area contributed by atoms with Gasteiger partial charge in [-0.1, -0.05) is 75.9 Å². The average molecular weight is 655 g/mol. The van der Waals surface area contributed by atoms with Gasteiger partial charge in [-0.05, 0) is 68.3 Å². The van der Waals surface area contributed by atoms with Crippen LogP contribution in [0.15, 0.2) is 76.1 Å². The monoisotopic (exact) mass is 653 g/mol. The SMILES string of the molecule is CCCNC(=O)[C@@H](C)N(Cc1ccc(Br)cc1)C(=O)CN(c1cc(Cl)ccc1Cl)S(=O)(=O)c1ccc(C)cc1. The molecule has 11 heteroatoms. The van der Waals surface area contributed by atoms with Crippen molar-refractivity contribution in [2.24, 2.45) is 0 Å². The Labute approximate surface area is 248 Å². The first-order chi connectivity index (χ1) is 18.4. The number of rotatable bonds is 11. The number of carbonyl (C=O) groups is 2. The molecule has 0 aliphatic carbocycles. The second-order valence-electron chi connectivity index (χ2n) is 9.04. The largest absolute Gasteiger partial charge is 0.354 e. The first-order valence-corrected chi connectivity index (χ1v) is 15.3. The van der Waals surface area contributed by atoms with E-state index in [-0.39, 0.29) is 33.1 Å².